The third kappa shape index (κ3) is 5.90. The van der Waals surface area contributed by atoms with E-state index in [4.69, 9.17) is 27.9 Å². The summed E-state index contributed by atoms with van der Waals surface area (Å²) in [5, 5.41) is 3.43. The fourth-order valence-electron chi connectivity index (χ4n) is 5.11. The first-order valence-corrected chi connectivity index (χ1v) is 13.6. The molecule has 0 bridgehead atoms. The number of likely N-dealkylation sites (N-methyl/N-ethyl adjacent to an activating group) is 1. The van der Waals surface area contributed by atoms with Crippen LogP contribution < -0.4 is 5.32 Å². The summed E-state index contributed by atoms with van der Waals surface area (Å²) in [5.74, 6) is -1.48. The Labute approximate surface area is 237 Å². The van der Waals surface area contributed by atoms with Crippen molar-refractivity contribution in [3.8, 4) is 0 Å². The largest absolute Gasteiger partial charge is 0.463 e. The van der Waals surface area contributed by atoms with E-state index in [-0.39, 0.29) is 47.3 Å². The van der Waals surface area contributed by atoms with Crippen molar-refractivity contribution in [3.05, 3.63) is 80.7 Å². The molecule has 2 heterocycles. The van der Waals surface area contributed by atoms with Gasteiger partial charge < -0.3 is 15.0 Å². The van der Waals surface area contributed by atoms with Crippen molar-refractivity contribution < 1.29 is 23.5 Å². The lowest BCUT2D eigenvalue weighted by Crippen LogP contribution is -2.56. The molecule has 0 saturated carbocycles. The standard InChI is InChI=1S/C28H31Cl2FN4O4/c1-4-34-22(16-33-13-14-35(17(3)15-33)26(36)18-9-6-7-12-21(18)31)23(27(37)39-5-2)25(32-28(34)38)19-10-8-11-20(29)24(19)30/h6-12,17,25H,4-5,13-16H2,1-3H3,(H,32,38)/t17-,25+/m1/s1. The molecule has 0 unspecified atom stereocenters. The Hall–Kier alpha value is -3.14. The van der Waals surface area contributed by atoms with Crippen LogP contribution >= 0.6 is 23.2 Å². The highest BCUT2D eigenvalue weighted by atomic mass is 35.5. The smallest absolute Gasteiger partial charge is 0.338 e. The molecule has 208 valence electrons. The highest BCUT2D eigenvalue weighted by molar-refractivity contribution is 6.42. The second kappa shape index (κ2) is 12.4. The van der Waals surface area contributed by atoms with Gasteiger partial charge in [0.05, 0.1) is 33.8 Å². The lowest BCUT2D eigenvalue weighted by Gasteiger charge is -2.43. The number of hydrogen-bond acceptors (Lipinski definition) is 5. The van der Waals surface area contributed by atoms with Crippen LogP contribution in [-0.2, 0) is 9.53 Å². The Morgan fingerprint density at radius 1 is 1.10 bits per heavy atom. The number of benzene rings is 2. The van der Waals surface area contributed by atoms with Crippen molar-refractivity contribution in [2.75, 3.05) is 39.3 Å². The van der Waals surface area contributed by atoms with E-state index in [9.17, 15) is 18.8 Å². The maximum atomic E-state index is 14.3. The summed E-state index contributed by atoms with van der Waals surface area (Å²) in [6, 6.07) is 9.52. The van der Waals surface area contributed by atoms with Gasteiger partial charge in [-0.15, -0.1) is 0 Å². The van der Waals surface area contributed by atoms with Gasteiger partial charge in [0, 0.05) is 44.5 Å². The van der Waals surface area contributed by atoms with Crippen LogP contribution in [0.4, 0.5) is 9.18 Å². The first-order chi connectivity index (χ1) is 18.7. The number of amides is 3. The number of urea groups is 1. The summed E-state index contributed by atoms with van der Waals surface area (Å²) < 4.78 is 19.7. The molecule has 2 aliphatic rings. The van der Waals surface area contributed by atoms with E-state index in [1.54, 1.807) is 42.2 Å². The minimum absolute atomic E-state index is 0.0347. The summed E-state index contributed by atoms with van der Waals surface area (Å²) in [4.78, 5) is 44.9. The average molecular weight is 577 g/mol. The van der Waals surface area contributed by atoms with Crippen LogP contribution in [0, 0.1) is 5.82 Å². The van der Waals surface area contributed by atoms with Crippen LogP contribution in [0.3, 0.4) is 0 Å². The minimum atomic E-state index is -0.859. The molecule has 2 aromatic rings. The van der Waals surface area contributed by atoms with E-state index >= 15 is 0 Å². The van der Waals surface area contributed by atoms with Crippen LogP contribution in [0.25, 0.3) is 0 Å². The maximum absolute atomic E-state index is 14.3. The number of hydrogen-bond donors (Lipinski definition) is 1. The van der Waals surface area contributed by atoms with E-state index in [1.165, 1.54) is 17.0 Å². The van der Waals surface area contributed by atoms with Gasteiger partial charge in [-0.3, -0.25) is 14.6 Å². The van der Waals surface area contributed by atoms with Gasteiger partial charge in [-0.1, -0.05) is 47.5 Å². The molecule has 0 aliphatic carbocycles. The lowest BCUT2D eigenvalue weighted by atomic mass is 9.93. The Morgan fingerprint density at radius 2 is 1.85 bits per heavy atom. The van der Waals surface area contributed by atoms with Crippen molar-refractivity contribution >= 4 is 41.1 Å². The van der Waals surface area contributed by atoms with Gasteiger partial charge in [0.15, 0.2) is 0 Å². The van der Waals surface area contributed by atoms with Crippen molar-refractivity contribution in [1.82, 2.24) is 20.0 Å². The summed E-state index contributed by atoms with van der Waals surface area (Å²) >= 11 is 12.8. The fourth-order valence-corrected chi connectivity index (χ4v) is 5.53. The van der Waals surface area contributed by atoms with Crippen LogP contribution in [0.1, 0.15) is 42.7 Å². The van der Waals surface area contributed by atoms with Gasteiger partial charge in [0.1, 0.15) is 5.82 Å². The van der Waals surface area contributed by atoms with Crippen LogP contribution in [0.15, 0.2) is 53.7 Å². The Kier molecular flexibility index (Phi) is 9.15. The Balaban J connectivity index is 1.66. The number of esters is 1. The molecule has 4 rings (SSSR count). The van der Waals surface area contributed by atoms with Crippen LogP contribution in [0.5, 0.6) is 0 Å². The highest BCUT2D eigenvalue weighted by Crippen LogP contribution is 2.38. The van der Waals surface area contributed by atoms with Crippen molar-refractivity contribution in [2.24, 2.45) is 0 Å². The Bertz CT molecular complexity index is 1300. The van der Waals surface area contributed by atoms with Crippen molar-refractivity contribution in [2.45, 2.75) is 32.9 Å². The van der Waals surface area contributed by atoms with Gasteiger partial charge in [-0.2, -0.15) is 0 Å². The SMILES string of the molecule is CCOC(=O)C1=C(CN2CCN(C(=O)c3ccccc3F)[C@H](C)C2)N(CC)C(=O)N[C@H]1c1cccc(Cl)c1Cl. The van der Waals surface area contributed by atoms with Gasteiger partial charge in [0.25, 0.3) is 5.91 Å². The third-order valence-electron chi connectivity index (χ3n) is 6.99. The number of halogens is 3. The zero-order chi connectivity index (χ0) is 28.3. The highest BCUT2D eigenvalue weighted by Gasteiger charge is 2.40. The molecule has 0 spiro atoms. The molecular formula is C28H31Cl2FN4O4. The molecule has 11 heteroatoms. The Morgan fingerprint density at radius 3 is 2.51 bits per heavy atom. The topological polar surface area (TPSA) is 82.2 Å². The maximum Gasteiger partial charge on any atom is 0.338 e. The average Bonchev–Trinajstić information content (AvgIpc) is 2.90. The normalized spacial score (nSPS) is 20.2. The molecule has 1 fully saturated rings. The molecule has 39 heavy (non-hydrogen) atoms. The number of ether oxygens (including phenoxy) is 1. The molecule has 1 N–H and O–H groups in total. The molecular weight excluding hydrogens is 546 g/mol. The lowest BCUT2D eigenvalue weighted by molar-refractivity contribution is -0.139. The molecule has 2 aliphatic heterocycles. The van der Waals surface area contributed by atoms with E-state index in [1.807, 2.05) is 13.8 Å². The first kappa shape index (κ1) is 28.9. The van der Waals surface area contributed by atoms with Crippen molar-refractivity contribution in [3.63, 3.8) is 0 Å². The predicted octanol–water partition coefficient (Wildman–Crippen LogP) is 4.88. The predicted molar refractivity (Wildman–Crippen MR) is 147 cm³/mol. The van der Waals surface area contributed by atoms with E-state index in [2.05, 4.69) is 10.2 Å². The number of nitrogens with zero attached hydrogens (tertiary/aromatic N) is 3. The van der Waals surface area contributed by atoms with Crippen LogP contribution in [-0.4, -0.2) is 78.0 Å². The monoisotopic (exact) mass is 576 g/mol. The number of carbonyl (C=O) groups is 3. The van der Waals surface area contributed by atoms with E-state index in [0.29, 0.717) is 42.5 Å². The number of piperazine rings is 1. The van der Waals surface area contributed by atoms with Gasteiger partial charge in [0.2, 0.25) is 0 Å². The molecule has 2 atom stereocenters. The first-order valence-electron chi connectivity index (χ1n) is 12.9. The minimum Gasteiger partial charge on any atom is -0.463 e. The molecule has 0 radical (unpaired) electrons. The zero-order valence-electron chi connectivity index (χ0n) is 22.0. The zero-order valence-corrected chi connectivity index (χ0v) is 23.6. The second-order valence-corrected chi connectivity index (χ2v) is 10.2. The molecule has 2 aromatic carbocycles. The van der Waals surface area contributed by atoms with E-state index < -0.39 is 17.8 Å². The number of carbonyl (C=O) groups excluding carboxylic acids is 3. The summed E-state index contributed by atoms with van der Waals surface area (Å²) in [5.41, 5.74) is 1.30. The third-order valence-corrected chi connectivity index (χ3v) is 7.83. The quantitative estimate of drug-likeness (QED) is 0.475. The van der Waals surface area contributed by atoms with Gasteiger partial charge in [-0.25, -0.2) is 14.0 Å². The van der Waals surface area contributed by atoms with Gasteiger partial charge >= 0.3 is 12.0 Å². The molecule has 8 nitrogen and oxygen atoms in total. The summed E-state index contributed by atoms with van der Waals surface area (Å²) in [6.07, 6.45) is 0. The summed E-state index contributed by atoms with van der Waals surface area (Å²) in [6.45, 7) is 7.45. The molecule has 3 amide bonds. The second-order valence-electron chi connectivity index (χ2n) is 9.41. The van der Waals surface area contributed by atoms with Crippen LogP contribution in [0.2, 0.25) is 10.0 Å². The summed E-state index contributed by atoms with van der Waals surface area (Å²) in [7, 11) is 0. The fraction of sp³-hybridized carbons (Fsp3) is 0.393. The van der Waals surface area contributed by atoms with Gasteiger partial charge in [-0.05, 0) is 44.5 Å². The van der Waals surface area contributed by atoms with E-state index in [0.717, 1.165) is 0 Å². The number of rotatable bonds is 7. The van der Waals surface area contributed by atoms with Crippen molar-refractivity contribution in [1.29, 1.82) is 0 Å². The number of nitrogens with one attached hydrogen (secondary N) is 1. The molecule has 0 aromatic heterocycles. The molecule has 1 saturated heterocycles.